The van der Waals surface area contributed by atoms with Crippen molar-refractivity contribution in [3.05, 3.63) is 99.9 Å². The van der Waals surface area contributed by atoms with E-state index in [2.05, 4.69) is 5.32 Å². The molecule has 0 unspecified atom stereocenters. The molecule has 8 heteroatoms. The summed E-state index contributed by atoms with van der Waals surface area (Å²) in [5.41, 5.74) is 2.69. The smallest absolute Gasteiger partial charge is 0.407 e. The summed E-state index contributed by atoms with van der Waals surface area (Å²) in [5, 5.41) is 3.04. The number of carbonyl (C=O) groups is 1. The van der Waals surface area contributed by atoms with Crippen LogP contribution in [0.3, 0.4) is 0 Å². The lowest BCUT2D eigenvalue weighted by molar-refractivity contribution is 0.0520. The minimum absolute atomic E-state index is 0.162. The summed E-state index contributed by atoms with van der Waals surface area (Å²) in [6.45, 7) is 6.20. The number of hydrogen-bond donors (Lipinski definition) is 1. The van der Waals surface area contributed by atoms with Gasteiger partial charge in [0.05, 0.1) is 18.5 Å². The summed E-state index contributed by atoms with van der Waals surface area (Å²) in [5.74, 6) is 0.986. The summed E-state index contributed by atoms with van der Waals surface area (Å²) in [7, 11) is 3.98. The molecule has 0 bridgehead atoms. The van der Waals surface area contributed by atoms with Gasteiger partial charge in [-0.3, -0.25) is 4.79 Å². The predicted octanol–water partition coefficient (Wildman–Crippen LogP) is 6.55. The highest BCUT2D eigenvalue weighted by Gasteiger charge is 2.17. The van der Waals surface area contributed by atoms with Crippen molar-refractivity contribution in [1.82, 2.24) is 5.32 Å². The number of alkyl carbamates (subject to hydrolysis) is 1. The van der Waals surface area contributed by atoms with Crippen molar-refractivity contribution in [2.24, 2.45) is 0 Å². The van der Waals surface area contributed by atoms with Gasteiger partial charge in [0.25, 0.3) is 0 Å². The fourth-order valence-electron chi connectivity index (χ4n) is 4.12. The molecule has 4 aromatic rings. The Morgan fingerprint density at radius 2 is 1.67 bits per heavy atom. The van der Waals surface area contributed by atoms with Gasteiger partial charge in [-0.05, 0) is 62.2 Å². The molecule has 4 rings (SSSR count). The maximum absolute atomic E-state index is 13.6. The second-order valence-electron chi connectivity index (χ2n) is 11.0. The minimum Gasteiger partial charge on any atom is -0.492 e. The Bertz CT molecular complexity index is 1570. The zero-order valence-electron chi connectivity index (χ0n) is 24.8. The van der Waals surface area contributed by atoms with Gasteiger partial charge >= 0.3 is 6.09 Å². The van der Waals surface area contributed by atoms with Crippen molar-refractivity contribution in [1.29, 1.82) is 0 Å². The summed E-state index contributed by atoms with van der Waals surface area (Å²) in [4.78, 5) is 27.4. The van der Waals surface area contributed by atoms with Crippen LogP contribution >= 0.6 is 0 Å². The molecule has 1 N–H and O–H groups in total. The van der Waals surface area contributed by atoms with Gasteiger partial charge in [0.2, 0.25) is 11.2 Å². The lowest BCUT2D eigenvalue weighted by Crippen LogP contribution is -2.34. The van der Waals surface area contributed by atoms with Crippen LogP contribution in [0, 0.1) is 0 Å². The molecule has 0 aliphatic heterocycles. The molecule has 3 aromatic carbocycles. The first kappa shape index (κ1) is 30.2. The SMILES string of the molecule is CN(C)c1ccc(/C=C/c2oc3cc(OCCNC(=O)OC(C)(C)C)ccc3c(=O)c2OCCc2ccccc2)cc1. The first-order valence-corrected chi connectivity index (χ1v) is 13.9. The van der Waals surface area contributed by atoms with Crippen LogP contribution in [0.5, 0.6) is 11.5 Å². The van der Waals surface area contributed by atoms with Crippen LogP contribution in [0.4, 0.5) is 10.5 Å². The number of rotatable bonds is 11. The van der Waals surface area contributed by atoms with Gasteiger partial charge in [-0.25, -0.2) is 4.79 Å². The van der Waals surface area contributed by atoms with E-state index in [1.54, 1.807) is 45.0 Å². The van der Waals surface area contributed by atoms with Crippen molar-refractivity contribution in [2.75, 3.05) is 38.8 Å². The molecule has 0 radical (unpaired) electrons. The van der Waals surface area contributed by atoms with Crippen molar-refractivity contribution >= 4 is 34.9 Å². The van der Waals surface area contributed by atoms with E-state index in [1.165, 1.54) is 0 Å². The van der Waals surface area contributed by atoms with Crippen molar-refractivity contribution in [3.63, 3.8) is 0 Å². The second-order valence-corrected chi connectivity index (χ2v) is 11.0. The number of carbonyl (C=O) groups excluding carboxylic acids is 1. The van der Waals surface area contributed by atoms with Crippen LogP contribution in [0.25, 0.3) is 23.1 Å². The molecule has 1 heterocycles. The van der Waals surface area contributed by atoms with Crippen LogP contribution in [0.1, 0.15) is 37.7 Å². The van der Waals surface area contributed by atoms with Crippen LogP contribution < -0.4 is 25.1 Å². The third-order valence-corrected chi connectivity index (χ3v) is 6.20. The fourth-order valence-corrected chi connectivity index (χ4v) is 4.12. The molecule has 0 aliphatic carbocycles. The molecule has 8 nitrogen and oxygen atoms in total. The third kappa shape index (κ3) is 8.64. The number of nitrogens with one attached hydrogen (secondary N) is 1. The maximum Gasteiger partial charge on any atom is 0.407 e. The van der Waals surface area contributed by atoms with Crippen LogP contribution in [-0.4, -0.2) is 45.5 Å². The van der Waals surface area contributed by atoms with E-state index < -0.39 is 11.7 Å². The summed E-state index contributed by atoms with van der Waals surface area (Å²) < 4.78 is 23.3. The fraction of sp³-hybridized carbons (Fsp3) is 0.294. The Hall–Kier alpha value is -4.72. The summed E-state index contributed by atoms with van der Waals surface area (Å²) in [6.07, 6.45) is 3.78. The molecular formula is C34H38N2O6. The van der Waals surface area contributed by atoms with Crippen molar-refractivity contribution < 1.29 is 23.4 Å². The highest BCUT2D eigenvalue weighted by molar-refractivity contribution is 5.82. The minimum atomic E-state index is -0.577. The van der Waals surface area contributed by atoms with Crippen LogP contribution in [0.15, 0.2) is 82.0 Å². The largest absolute Gasteiger partial charge is 0.492 e. The number of nitrogens with zero attached hydrogens (tertiary/aromatic N) is 1. The van der Waals surface area contributed by atoms with E-state index in [0.29, 0.717) is 35.5 Å². The molecule has 0 saturated heterocycles. The van der Waals surface area contributed by atoms with Gasteiger partial charge in [-0.15, -0.1) is 0 Å². The molecule has 0 spiro atoms. The highest BCUT2D eigenvalue weighted by Crippen LogP contribution is 2.27. The first-order valence-electron chi connectivity index (χ1n) is 13.9. The lowest BCUT2D eigenvalue weighted by atomic mass is 10.1. The molecule has 1 aromatic heterocycles. The van der Waals surface area contributed by atoms with Crippen molar-refractivity contribution in [2.45, 2.75) is 32.8 Å². The summed E-state index contributed by atoms with van der Waals surface area (Å²) in [6, 6.07) is 23.0. The number of anilines is 1. The molecule has 0 atom stereocenters. The predicted molar refractivity (Wildman–Crippen MR) is 168 cm³/mol. The van der Waals surface area contributed by atoms with Crippen LogP contribution in [-0.2, 0) is 11.2 Å². The second kappa shape index (κ2) is 13.8. The van der Waals surface area contributed by atoms with E-state index in [0.717, 1.165) is 16.8 Å². The quantitative estimate of drug-likeness (QED) is 0.204. The molecule has 0 saturated carbocycles. The van der Waals surface area contributed by atoms with Gasteiger partial charge in [0, 0.05) is 32.3 Å². The summed E-state index contributed by atoms with van der Waals surface area (Å²) >= 11 is 0. The monoisotopic (exact) mass is 570 g/mol. The number of ether oxygens (including phenoxy) is 3. The number of amides is 1. The average molecular weight is 571 g/mol. The van der Waals surface area contributed by atoms with E-state index in [9.17, 15) is 9.59 Å². The zero-order valence-corrected chi connectivity index (χ0v) is 24.8. The van der Waals surface area contributed by atoms with Crippen molar-refractivity contribution in [3.8, 4) is 11.5 Å². The van der Waals surface area contributed by atoms with E-state index in [4.69, 9.17) is 18.6 Å². The van der Waals surface area contributed by atoms with Gasteiger partial charge in [-0.2, -0.15) is 0 Å². The molecule has 42 heavy (non-hydrogen) atoms. The number of benzene rings is 3. The molecule has 0 fully saturated rings. The van der Waals surface area contributed by atoms with Gasteiger partial charge in [0.15, 0.2) is 5.76 Å². The standard InChI is InChI=1S/C34H38N2O6/c1-34(2,3)42-33(38)35-20-22-39-27-16-17-28-30(23-27)41-29(18-13-25-11-14-26(15-12-25)36(4)5)32(31(28)37)40-21-19-24-9-7-6-8-10-24/h6-18,23H,19-22H2,1-5H3,(H,35,38)/b18-13+. The van der Waals surface area contributed by atoms with Gasteiger partial charge < -0.3 is 28.8 Å². The highest BCUT2D eigenvalue weighted by atomic mass is 16.6. The Morgan fingerprint density at radius 1 is 0.929 bits per heavy atom. The Balaban J connectivity index is 1.55. The Kier molecular flexibility index (Phi) is 9.91. The van der Waals surface area contributed by atoms with E-state index >= 15 is 0 Å². The first-order chi connectivity index (χ1) is 20.1. The molecule has 0 aliphatic rings. The number of fused-ring (bicyclic) bond motifs is 1. The maximum atomic E-state index is 13.6. The van der Waals surface area contributed by atoms with E-state index in [1.807, 2.05) is 79.7 Å². The Labute approximate surface area is 246 Å². The molecular weight excluding hydrogens is 532 g/mol. The topological polar surface area (TPSA) is 90.2 Å². The zero-order chi connectivity index (χ0) is 30.1. The van der Waals surface area contributed by atoms with Gasteiger partial charge in [0.1, 0.15) is 23.5 Å². The average Bonchev–Trinajstić information content (AvgIpc) is 2.95. The van der Waals surface area contributed by atoms with Gasteiger partial charge in [-0.1, -0.05) is 48.5 Å². The van der Waals surface area contributed by atoms with Crippen LogP contribution in [0.2, 0.25) is 0 Å². The third-order valence-electron chi connectivity index (χ3n) is 6.20. The van der Waals surface area contributed by atoms with E-state index in [-0.39, 0.29) is 24.3 Å². The lowest BCUT2D eigenvalue weighted by Gasteiger charge is -2.19. The molecule has 1 amide bonds. The normalized spacial score (nSPS) is 11.5. The molecule has 220 valence electrons. The Morgan fingerprint density at radius 3 is 2.36 bits per heavy atom. The number of hydrogen-bond acceptors (Lipinski definition) is 7.